The highest BCUT2D eigenvalue weighted by atomic mass is 32.2. The predicted octanol–water partition coefficient (Wildman–Crippen LogP) is 2.55. The summed E-state index contributed by atoms with van der Waals surface area (Å²) in [4.78, 5) is 2.29. The van der Waals surface area contributed by atoms with Crippen LogP contribution >= 0.6 is 0 Å². The lowest BCUT2D eigenvalue weighted by Crippen LogP contribution is -2.35. The molecule has 0 aliphatic carbocycles. The molecule has 0 unspecified atom stereocenters. The Morgan fingerprint density at radius 1 is 1.17 bits per heavy atom. The fourth-order valence-corrected chi connectivity index (χ4v) is 3.70. The van der Waals surface area contributed by atoms with Crippen LogP contribution in [-0.4, -0.2) is 37.0 Å². The highest BCUT2D eigenvalue weighted by Crippen LogP contribution is 2.16. The van der Waals surface area contributed by atoms with Crippen LogP contribution in [0.1, 0.15) is 25.7 Å². The van der Waals surface area contributed by atoms with Gasteiger partial charge in [-0.25, -0.2) is 8.42 Å². The summed E-state index contributed by atoms with van der Waals surface area (Å²) in [6.45, 7) is 2.00. The summed E-state index contributed by atoms with van der Waals surface area (Å²) in [5.74, 6) is -0.0830. The highest BCUT2D eigenvalue weighted by Gasteiger charge is 2.27. The fourth-order valence-electron chi connectivity index (χ4n) is 1.47. The van der Waals surface area contributed by atoms with E-state index in [0.717, 1.165) is 25.3 Å². The topological polar surface area (TPSA) is 101 Å². The standard InChI is InChI=1S/C9H21N3O4SSi/c1-15-18(3,16-2)9-7-5-4-6-8-17(13,14)12-11-10/h4-9H2,1-3H3. The van der Waals surface area contributed by atoms with Crippen molar-refractivity contribution in [2.45, 2.75) is 38.3 Å². The Balaban J connectivity index is 3.73. The molecule has 9 heteroatoms. The number of rotatable bonds is 10. The molecule has 0 heterocycles. The van der Waals surface area contributed by atoms with Crippen LogP contribution in [0.5, 0.6) is 0 Å². The van der Waals surface area contributed by atoms with Gasteiger partial charge in [-0.3, -0.25) is 0 Å². The Labute approximate surface area is 109 Å². The van der Waals surface area contributed by atoms with Crippen molar-refractivity contribution in [3.8, 4) is 0 Å². The van der Waals surface area contributed by atoms with E-state index in [1.54, 1.807) is 14.2 Å². The molecule has 0 fully saturated rings. The zero-order valence-electron chi connectivity index (χ0n) is 11.1. The van der Waals surface area contributed by atoms with Gasteiger partial charge in [-0.1, -0.05) is 19.3 Å². The van der Waals surface area contributed by atoms with Gasteiger partial charge in [-0.15, -0.1) is 0 Å². The Morgan fingerprint density at radius 2 is 1.72 bits per heavy atom. The van der Waals surface area contributed by atoms with Crippen LogP contribution in [-0.2, 0) is 18.9 Å². The highest BCUT2D eigenvalue weighted by molar-refractivity contribution is 7.89. The zero-order chi connectivity index (χ0) is 14.1. The summed E-state index contributed by atoms with van der Waals surface area (Å²) < 4.78 is 35.6. The molecule has 0 amide bonds. The van der Waals surface area contributed by atoms with Crippen LogP contribution in [0, 0.1) is 0 Å². The lowest BCUT2D eigenvalue weighted by molar-refractivity contribution is 0.248. The van der Waals surface area contributed by atoms with Gasteiger partial charge in [0, 0.05) is 23.7 Å². The molecule has 0 saturated heterocycles. The minimum absolute atomic E-state index is 0.0830. The maximum absolute atomic E-state index is 11.1. The van der Waals surface area contributed by atoms with Gasteiger partial charge in [-0.2, -0.15) is 0 Å². The quantitative estimate of drug-likeness (QED) is 0.203. The van der Waals surface area contributed by atoms with Crippen LogP contribution in [0.3, 0.4) is 0 Å². The molecule has 0 aliphatic heterocycles. The van der Waals surface area contributed by atoms with E-state index in [4.69, 9.17) is 14.4 Å². The normalized spacial score (nSPS) is 12.2. The van der Waals surface area contributed by atoms with Crippen LogP contribution in [0.15, 0.2) is 4.52 Å². The lowest BCUT2D eigenvalue weighted by atomic mass is 10.2. The Hall–Kier alpha value is -0.603. The van der Waals surface area contributed by atoms with E-state index in [1.165, 1.54) is 0 Å². The van der Waals surface area contributed by atoms with Gasteiger partial charge in [0.25, 0.3) is 0 Å². The average molecular weight is 295 g/mol. The predicted molar refractivity (Wildman–Crippen MR) is 71.8 cm³/mol. The SMILES string of the molecule is CO[Si](C)(CCCCCCS(=O)(=O)N=[N+]=[N-])OC. The molecular formula is C9H21N3O4SSi. The second-order valence-electron chi connectivity index (χ2n) is 4.16. The third kappa shape index (κ3) is 7.67. The largest absolute Gasteiger partial charge is 0.398 e. The zero-order valence-corrected chi connectivity index (χ0v) is 12.9. The molecule has 7 nitrogen and oxygen atoms in total. The van der Waals surface area contributed by atoms with E-state index in [1.807, 2.05) is 6.55 Å². The summed E-state index contributed by atoms with van der Waals surface area (Å²) in [6.07, 6.45) is 3.17. The molecule has 0 radical (unpaired) electrons. The number of azide groups is 1. The van der Waals surface area contributed by atoms with Crippen molar-refractivity contribution in [3.05, 3.63) is 10.4 Å². The van der Waals surface area contributed by atoms with Gasteiger partial charge >= 0.3 is 8.56 Å². The van der Waals surface area contributed by atoms with Gasteiger partial charge in [0.05, 0.1) is 5.75 Å². The molecule has 106 valence electrons. The first-order valence-corrected chi connectivity index (χ1v) is 9.92. The van der Waals surface area contributed by atoms with Gasteiger partial charge in [0.2, 0.25) is 10.0 Å². The lowest BCUT2D eigenvalue weighted by Gasteiger charge is -2.22. The first kappa shape index (κ1) is 17.4. The second kappa shape index (κ2) is 8.49. The average Bonchev–Trinajstić information content (AvgIpc) is 2.33. The molecule has 18 heavy (non-hydrogen) atoms. The first-order chi connectivity index (χ1) is 8.39. The molecular weight excluding hydrogens is 274 g/mol. The fraction of sp³-hybridized carbons (Fsp3) is 1.00. The first-order valence-electron chi connectivity index (χ1n) is 5.78. The Bertz CT molecular complexity index is 377. The maximum atomic E-state index is 11.1. The van der Waals surface area contributed by atoms with Crippen LogP contribution in [0.2, 0.25) is 12.6 Å². The molecule has 0 aromatic rings. The monoisotopic (exact) mass is 295 g/mol. The minimum Gasteiger partial charge on any atom is -0.398 e. The third-order valence-electron chi connectivity index (χ3n) is 2.81. The van der Waals surface area contributed by atoms with E-state index in [2.05, 4.69) is 9.43 Å². The number of hydrogen-bond acceptors (Lipinski definition) is 4. The van der Waals surface area contributed by atoms with E-state index in [0.29, 0.717) is 6.42 Å². The van der Waals surface area contributed by atoms with E-state index in [-0.39, 0.29) is 5.75 Å². The second-order valence-corrected chi connectivity index (χ2v) is 9.48. The third-order valence-corrected chi connectivity index (χ3v) is 6.92. The summed E-state index contributed by atoms with van der Waals surface area (Å²) in [6, 6.07) is 0.892. The van der Waals surface area contributed by atoms with Gasteiger partial charge in [0.1, 0.15) is 0 Å². The molecule has 0 N–H and O–H groups in total. The number of nitrogens with zero attached hydrogens (tertiary/aromatic N) is 3. The van der Waals surface area contributed by atoms with E-state index >= 15 is 0 Å². The summed E-state index contributed by atoms with van der Waals surface area (Å²) >= 11 is 0. The van der Waals surface area contributed by atoms with Crippen molar-refractivity contribution in [3.63, 3.8) is 0 Å². The van der Waals surface area contributed by atoms with Crippen molar-refractivity contribution >= 4 is 18.6 Å². The smallest absolute Gasteiger partial charge is 0.334 e. The van der Waals surface area contributed by atoms with Crippen LogP contribution < -0.4 is 0 Å². The van der Waals surface area contributed by atoms with E-state index < -0.39 is 18.6 Å². The molecule has 0 rings (SSSR count). The van der Waals surface area contributed by atoms with Crippen molar-refractivity contribution in [1.29, 1.82) is 0 Å². The molecule has 0 aromatic heterocycles. The summed E-state index contributed by atoms with van der Waals surface area (Å²) in [7, 11) is -2.27. The van der Waals surface area contributed by atoms with Crippen molar-refractivity contribution in [2.24, 2.45) is 4.52 Å². The number of sulfonamides is 1. The molecule has 0 atom stereocenters. The molecule has 0 spiro atoms. The Morgan fingerprint density at radius 3 is 2.22 bits per heavy atom. The minimum atomic E-state index is -3.59. The van der Waals surface area contributed by atoms with Gasteiger partial charge < -0.3 is 8.85 Å². The Kier molecular flexibility index (Phi) is 8.21. The van der Waals surface area contributed by atoms with Crippen LogP contribution in [0.4, 0.5) is 0 Å². The van der Waals surface area contributed by atoms with Crippen molar-refractivity contribution < 1.29 is 17.3 Å². The molecule has 0 bridgehead atoms. The molecule has 0 saturated carbocycles. The molecule has 0 aromatic carbocycles. The van der Waals surface area contributed by atoms with E-state index in [9.17, 15) is 8.42 Å². The maximum Gasteiger partial charge on any atom is 0.334 e. The van der Waals surface area contributed by atoms with Gasteiger partial charge in [-0.05, 0) is 24.5 Å². The molecule has 0 aliphatic rings. The number of hydrogen-bond donors (Lipinski definition) is 0. The van der Waals surface area contributed by atoms with Gasteiger partial charge in [0.15, 0.2) is 0 Å². The summed E-state index contributed by atoms with van der Waals surface area (Å²) in [5.41, 5.74) is 8.04. The number of unbranched alkanes of at least 4 members (excludes halogenated alkanes) is 3. The van der Waals surface area contributed by atoms with Crippen LogP contribution in [0.25, 0.3) is 10.4 Å². The summed E-state index contributed by atoms with van der Waals surface area (Å²) in [5, 5.41) is 0. The van der Waals surface area contributed by atoms with Crippen molar-refractivity contribution in [2.75, 3.05) is 20.0 Å². The van der Waals surface area contributed by atoms with Crippen molar-refractivity contribution in [1.82, 2.24) is 0 Å².